The van der Waals surface area contributed by atoms with Crippen LogP contribution in [0.4, 0.5) is 0 Å². The van der Waals surface area contributed by atoms with Gasteiger partial charge in [0.2, 0.25) is 0 Å². The number of carbonyl (C=O) groups excluding carboxylic acids is 1. The Morgan fingerprint density at radius 1 is 1.39 bits per heavy atom. The zero-order chi connectivity index (χ0) is 12.4. The summed E-state index contributed by atoms with van der Waals surface area (Å²) in [6.45, 7) is 3.62. The minimum Gasteiger partial charge on any atom is -0.339 e. The minimum atomic E-state index is 0. The van der Waals surface area contributed by atoms with Crippen LogP contribution < -0.4 is 5.73 Å². The summed E-state index contributed by atoms with van der Waals surface area (Å²) in [5, 5.41) is 0. The fourth-order valence-electron chi connectivity index (χ4n) is 2.01. The third kappa shape index (κ3) is 3.59. The molecule has 5 heteroatoms. The van der Waals surface area contributed by atoms with Gasteiger partial charge >= 0.3 is 0 Å². The summed E-state index contributed by atoms with van der Waals surface area (Å²) >= 11 is 2.27. The van der Waals surface area contributed by atoms with Crippen molar-refractivity contribution in [3.8, 4) is 0 Å². The van der Waals surface area contributed by atoms with Gasteiger partial charge in [-0.05, 0) is 60.1 Å². The number of likely N-dealkylation sites (tertiary alicyclic amines) is 1. The molecule has 0 saturated carbocycles. The van der Waals surface area contributed by atoms with Gasteiger partial charge in [-0.3, -0.25) is 4.79 Å². The fourth-order valence-corrected chi connectivity index (χ4v) is 2.53. The van der Waals surface area contributed by atoms with Crippen molar-refractivity contribution in [1.82, 2.24) is 4.90 Å². The lowest BCUT2D eigenvalue weighted by Crippen LogP contribution is -2.42. The molecule has 0 aliphatic carbocycles. The molecular formula is C13H18ClIN2O. The van der Waals surface area contributed by atoms with Gasteiger partial charge in [0.15, 0.2) is 0 Å². The zero-order valence-electron chi connectivity index (χ0n) is 10.4. The van der Waals surface area contributed by atoms with Crippen molar-refractivity contribution in [2.45, 2.75) is 25.8 Å². The summed E-state index contributed by atoms with van der Waals surface area (Å²) in [6.07, 6.45) is 1.82. The van der Waals surface area contributed by atoms with Crippen molar-refractivity contribution < 1.29 is 4.79 Å². The SMILES string of the molecule is Cc1ccc(C(=O)N2CCC(N)CC2)cc1I.Cl. The molecule has 0 unspecified atom stereocenters. The van der Waals surface area contributed by atoms with Crippen LogP contribution >= 0.6 is 35.0 Å². The van der Waals surface area contributed by atoms with E-state index >= 15 is 0 Å². The van der Waals surface area contributed by atoms with Crippen molar-refractivity contribution in [3.63, 3.8) is 0 Å². The fraction of sp³-hybridized carbons (Fsp3) is 0.462. The topological polar surface area (TPSA) is 46.3 Å². The Morgan fingerprint density at radius 3 is 2.56 bits per heavy atom. The number of nitrogens with two attached hydrogens (primary N) is 1. The molecular weight excluding hydrogens is 363 g/mol. The molecule has 1 saturated heterocycles. The number of carbonyl (C=O) groups is 1. The molecule has 1 aromatic rings. The number of hydrogen-bond acceptors (Lipinski definition) is 2. The summed E-state index contributed by atoms with van der Waals surface area (Å²) in [4.78, 5) is 14.2. The number of piperidine rings is 1. The standard InChI is InChI=1S/C13H17IN2O.ClH/c1-9-2-3-10(8-12(9)14)13(17)16-6-4-11(15)5-7-16;/h2-3,8,11H,4-7,15H2,1H3;1H. The van der Waals surface area contributed by atoms with Gasteiger partial charge in [0.05, 0.1) is 0 Å². The molecule has 0 atom stereocenters. The first-order valence-electron chi connectivity index (χ1n) is 5.89. The number of rotatable bonds is 1. The Kier molecular flexibility index (Phi) is 5.88. The second-order valence-electron chi connectivity index (χ2n) is 4.59. The second kappa shape index (κ2) is 6.73. The van der Waals surface area contributed by atoms with Gasteiger partial charge in [-0.15, -0.1) is 12.4 Å². The van der Waals surface area contributed by atoms with Crippen LogP contribution in [0.2, 0.25) is 0 Å². The second-order valence-corrected chi connectivity index (χ2v) is 5.76. The van der Waals surface area contributed by atoms with Crippen molar-refractivity contribution >= 4 is 40.9 Å². The Balaban J connectivity index is 0.00000162. The van der Waals surface area contributed by atoms with Crippen LogP contribution in [0.15, 0.2) is 18.2 Å². The number of aryl methyl sites for hydroxylation is 1. The van der Waals surface area contributed by atoms with E-state index in [0.29, 0.717) is 0 Å². The maximum Gasteiger partial charge on any atom is 0.253 e. The highest BCUT2D eigenvalue weighted by Gasteiger charge is 2.21. The van der Waals surface area contributed by atoms with Crippen LogP contribution in [0, 0.1) is 10.5 Å². The number of nitrogens with zero attached hydrogens (tertiary/aromatic N) is 1. The normalized spacial score (nSPS) is 16.3. The summed E-state index contributed by atoms with van der Waals surface area (Å²) in [5.74, 6) is 0.134. The maximum atomic E-state index is 12.3. The summed E-state index contributed by atoms with van der Waals surface area (Å²) < 4.78 is 1.14. The van der Waals surface area contributed by atoms with E-state index in [9.17, 15) is 4.79 Å². The molecule has 1 amide bonds. The maximum absolute atomic E-state index is 12.3. The molecule has 0 spiro atoms. The van der Waals surface area contributed by atoms with Gasteiger partial charge in [0.25, 0.3) is 5.91 Å². The van der Waals surface area contributed by atoms with Crippen LogP contribution in [0.1, 0.15) is 28.8 Å². The van der Waals surface area contributed by atoms with Crippen LogP contribution in [-0.4, -0.2) is 29.9 Å². The summed E-state index contributed by atoms with van der Waals surface area (Å²) in [7, 11) is 0. The lowest BCUT2D eigenvalue weighted by molar-refractivity contribution is 0.0714. The first-order valence-corrected chi connectivity index (χ1v) is 6.97. The Morgan fingerprint density at radius 2 is 2.00 bits per heavy atom. The predicted octanol–water partition coefficient (Wildman–Crippen LogP) is 2.58. The van der Waals surface area contributed by atoms with Gasteiger partial charge in [0, 0.05) is 28.3 Å². The van der Waals surface area contributed by atoms with Crippen LogP contribution in [0.3, 0.4) is 0 Å². The van der Waals surface area contributed by atoms with Gasteiger partial charge < -0.3 is 10.6 Å². The van der Waals surface area contributed by atoms with Crippen molar-refractivity contribution in [2.75, 3.05) is 13.1 Å². The molecule has 2 N–H and O–H groups in total. The lowest BCUT2D eigenvalue weighted by atomic mass is 10.0. The molecule has 0 aromatic heterocycles. The zero-order valence-corrected chi connectivity index (χ0v) is 13.3. The van der Waals surface area contributed by atoms with Gasteiger partial charge in [-0.25, -0.2) is 0 Å². The van der Waals surface area contributed by atoms with Gasteiger partial charge in [-0.2, -0.15) is 0 Å². The van der Waals surface area contributed by atoms with E-state index < -0.39 is 0 Å². The molecule has 0 bridgehead atoms. The third-order valence-corrected chi connectivity index (χ3v) is 4.41. The molecule has 1 aliphatic rings. The average Bonchev–Trinajstić information content (AvgIpc) is 2.33. The van der Waals surface area contributed by atoms with E-state index in [-0.39, 0.29) is 24.4 Å². The van der Waals surface area contributed by atoms with Crippen molar-refractivity contribution in [1.29, 1.82) is 0 Å². The summed E-state index contributed by atoms with van der Waals surface area (Å²) in [6, 6.07) is 6.14. The predicted molar refractivity (Wildman–Crippen MR) is 84.3 cm³/mol. The molecule has 3 nitrogen and oxygen atoms in total. The molecule has 100 valence electrons. The number of halogens is 2. The molecule has 1 heterocycles. The number of amides is 1. The molecule has 18 heavy (non-hydrogen) atoms. The van der Waals surface area contributed by atoms with Gasteiger partial charge in [0.1, 0.15) is 0 Å². The van der Waals surface area contributed by atoms with E-state index in [1.165, 1.54) is 5.56 Å². The van der Waals surface area contributed by atoms with E-state index in [0.717, 1.165) is 35.1 Å². The Hall–Kier alpha value is -0.330. The lowest BCUT2D eigenvalue weighted by Gasteiger charge is -2.30. The quantitative estimate of drug-likeness (QED) is 0.761. The molecule has 0 radical (unpaired) electrons. The van der Waals surface area contributed by atoms with Crippen molar-refractivity contribution in [2.24, 2.45) is 5.73 Å². The monoisotopic (exact) mass is 380 g/mol. The van der Waals surface area contributed by atoms with E-state index in [1.54, 1.807) is 0 Å². The molecule has 2 rings (SSSR count). The van der Waals surface area contributed by atoms with Gasteiger partial charge in [-0.1, -0.05) is 6.07 Å². The first-order chi connectivity index (χ1) is 8.08. The number of hydrogen-bond donors (Lipinski definition) is 1. The molecule has 1 aromatic carbocycles. The summed E-state index contributed by atoms with van der Waals surface area (Å²) in [5.41, 5.74) is 7.84. The van der Waals surface area contributed by atoms with Crippen molar-refractivity contribution in [3.05, 3.63) is 32.9 Å². The smallest absolute Gasteiger partial charge is 0.253 e. The molecule has 1 aliphatic heterocycles. The average molecular weight is 381 g/mol. The highest BCUT2D eigenvalue weighted by molar-refractivity contribution is 14.1. The Bertz CT molecular complexity index is 431. The van der Waals surface area contributed by atoms with E-state index in [4.69, 9.17) is 5.73 Å². The highest BCUT2D eigenvalue weighted by atomic mass is 127. The van der Waals surface area contributed by atoms with Crippen LogP contribution in [-0.2, 0) is 0 Å². The number of benzene rings is 1. The third-order valence-electron chi connectivity index (χ3n) is 3.25. The minimum absolute atomic E-state index is 0. The van der Waals surface area contributed by atoms with E-state index in [2.05, 4.69) is 29.5 Å². The largest absolute Gasteiger partial charge is 0.339 e. The molecule has 1 fully saturated rings. The van der Waals surface area contributed by atoms with Crippen LogP contribution in [0.5, 0.6) is 0 Å². The Labute approximate surface area is 128 Å². The highest BCUT2D eigenvalue weighted by Crippen LogP contribution is 2.17. The van der Waals surface area contributed by atoms with E-state index in [1.807, 2.05) is 23.1 Å². The first kappa shape index (κ1) is 15.7. The van der Waals surface area contributed by atoms with Crippen LogP contribution in [0.25, 0.3) is 0 Å².